The molecule has 6 heteroatoms. The summed E-state index contributed by atoms with van der Waals surface area (Å²) in [6.07, 6.45) is 1.39. The standard InChI is InChI=1S/C43H33N2O2.C12H10N.Ir/c1-25(2)32-21-28(27-13-6-5-7-14-27)22-33(26(3)4)41(32)45-37-19-10-9-18-36(37)44-43(45)31-17-12-16-30-35-23-34-29-15-8-11-20-38(29)46-39(34)24-40(35)47-42(30)31;1-10-7-8-12(13-9-10)11-5-3-2-4-6-11;/h5-16,18-26H,1-4H3;2-5,7-9H,1H3;/q2*-1;/i;1D3;. The fourth-order valence-corrected chi connectivity index (χ4v) is 8.27. The summed E-state index contributed by atoms with van der Waals surface area (Å²) in [5, 5.41) is 4.27. The molecule has 4 heterocycles. The minimum atomic E-state index is -2.09. The first-order valence-electron chi connectivity index (χ1n) is 21.9. The molecule has 7 aromatic carbocycles. The number of furan rings is 2. The Balaban J connectivity index is 0.000000258. The van der Waals surface area contributed by atoms with Gasteiger partial charge >= 0.3 is 0 Å². The van der Waals surface area contributed by atoms with Gasteiger partial charge in [-0.1, -0.05) is 111 Å². The molecule has 5 nitrogen and oxygen atoms in total. The quantitative estimate of drug-likeness (QED) is 0.156. The SMILES string of the molecule is CC(C)c1cc(-c2ccccc2)cc(C(C)C)c1-n1c(-c2[c-]ccc3c2oc2cc4oc5ccccc5c4cc23)nc2ccccc21.[2H]C([2H])([2H])c1ccc(-c2[c-]cccc2)nc1.[Ir]. The van der Waals surface area contributed by atoms with Crippen molar-refractivity contribution in [3.63, 3.8) is 0 Å². The van der Waals surface area contributed by atoms with E-state index in [2.05, 4.69) is 140 Å². The molecule has 11 rings (SSSR count). The molecule has 0 fully saturated rings. The monoisotopic (exact) mass is 973 g/mol. The van der Waals surface area contributed by atoms with Crippen LogP contribution in [0, 0.1) is 19.0 Å². The fourth-order valence-electron chi connectivity index (χ4n) is 8.27. The van der Waals surface area contributed by atoms with Crippen molar-refractivity contribution in [3.8, 4) is 39.5 Å². The molecule has 0 saturated heterocycles. The molecule has 0 aliphatic rings. The van der Waals surface area contributed by atoms with Crippen LogP contribution in [0.4, 0.5) is 0 Å². The molecule has 0 amide bonds. The van der Waals surface area contributed by atoms with Crippen molar-refractivity contribution in [1.29, 1.82) is 0 Å². The second-order valence-corrected chi connectivity index (χ2v) is 15.8. The number of nitrogens with zero attached hydrogens (tertiary/aromatic N) is 3. The number of hydrogen-bond donors (Lipinski definition) is 0. The van der Waals surface area contributed by atoms with E-state index in [9.17, 15) is 0 Å². The van der Waals surface area contributed by atoms with E-state index < -0.39 is 6.85 Å². The Morgan fingerprint density at radius 1 is 0.607 bits per heavy atom. The minimum Gasteiger partial charge on any atom is -0.500 e. The van der Waals surface area contributed by atoms with Crippen LogP contribution in [-0.4, -0.2) is 14.5 Å². The predicted molar refractivity (Wildman–Crippen MR) is 247 cm³/mol. The van der Waals surface area contributed by atoms with Gasteiger partial charge < -0.3 is 18.4 Å². The van der Waals surface area contributed by atoms with Crippen molar-refractivity contribution in [2.45, 2.75) is 46.4 Å². The number of fused-ring (bicyclic) bond motifs is 7. The van der Waals surface area contributed by atoms with Crippen LogP contribution in [0.1, 0.15) is 60.3 Å². The average Bonchev–Trinajstić information content (AvgIpc) is 3.99. The minimum absolute atomic E-state index is 0. The molecule has 0 aliphatic carbocycles. The van der Waals surface area contributed by atoms with Gasteiger partial charge in [0.25, 0.3) is 0 Å². The number of aromatic nitrogens is 3. The molecule has 0 saturated carbocycles. The van der Waals surface area contributed by atoms with Gasteiger partial charge in [0, 0.05) is 58.3 Å². The third-order valence-electron chi connectivity index (χ3n) is 11.2. The zero-order chi connectivity index (χ0) is 43.4. The van der Waals surface area contributed by atoms with Crippen LogP contribution in [0.5, 0.6) is 0 Å². The van der Waals surface area contributed by atoms with Crippen molar-refractivity contribution >= 4 is 54.9 Å². The Bertz CT molecular complexity index is 3410. The van der Waals surface area contributed by atoms with Crippen molar-refractivity contribution < 1.29 is 33.1 Å². The molecule has 11 aromatic rings. The van der Waals surface area contributed by atoms with E-state index in [1.807, 2.05) is 42.5 Å². The predicted octanol–water partition coefficient (Wildman–Crippen LogP) is 15.1. The number of imidazole rings is 1. The Morgan fingerprint density at radius 2 is 1.33 bits per heavy atom. The Labute approximate surface area is 373 Å². The van der Waals surface area contributed by atoms with E-state index in [-0.39, 0.29) is 37.5 Å². The van der Waals surface area contributed by atoms with Gasteiger partial charge in [0.2, 0.25) is 0 Å². The summed E-state index contributed by atoms with van der Waals surface area (Å²) in [5.41, 5.74) is 14.1. The van der Waals surface area contributed by atoms with Crippen LogP contribution in [0.25, 0.3) is 94.4 Å². The van der Waals surface area contributed by atoms with E-state index in [1.54, 1.807) is 18.2 Å². The maximum Gasteiger partial charge on any atom is 0.139 e. The molecule has 301 valence electrons. The van der Waals surface area contributed by atoms with E-state index >= 15 is 0 Å². The number of pyridine rings is 1. The van der Waals surface area contributed by atoms with Crippen LogP contribution in [0.15, 0.2) is 167 Å². The van der Waals surface area contributed by atoms with Crippen LogP contribution < -0.4 is 0 Å². The van der Waals surface area contributed by atoms with Crippen molar-refractivity contribution in [3.05, 3.63) is 187 Å². The summed E-state index contributed by atoms with van der Waals surface area (Å²) < 4.78 is 37.0. The third kappa shape index (κ3) is 7.26. The zero-order valence-corrected chi connectivity index (χ0v) is 36.6. The molecule has 61 heavy (non-hydrogen) atoms. The van der Waals surface area contributed by atoms with E-state index in [1.165, 1.54) is 34.1 Å². The number of benzene rings is 7. The topological polar surface area (TPSA) is 57.0 Å². The van der Waals surface area contributed by atoms with Gasteiger partial charge in [0.05, 0.1) is 22.4 Å². The summed E-state index contributed by atoms with van der Waals surface area (Å²) in [4.78, 5) is 9.42. The first-order chi connectivity index (χ1) is 30.5. The van der Waals surface area contributed by atoms with Crippen molar-refractivity contribution in [2.24, 2.45) is 0 Å². The van der Waals surface area contributed by atoms with E-state index in [4.69, 9.17) is 17.9 Å². The van der Waals surface area contributed by atoms with Gasteiger partial charge in [0.1, 0.15) is 16.7 Å². The summed E-state index contributed by atoms with van der Waals surface area (Å²) in [6, 6.07) is 57.6. The maximum atomic E-state index is 7.23. The van der Waals surface area contributed by atoms with Crippen LogP contribution >= 0.6 is 0 Å². The molecule has 0 atom stereocenters. The van der Waals surface area contributed by atoms with Gasteiger partial charge in [-0.25, -0.2) is 0 Å². The smallest absolute Gasteiger partial charge is 0.139 e. The van der Waals surface area contributed by atoms with Crippen molar-refractivity contribution in [2.75, 3.05) is 0 Å². The number of aryl methyl sites for hydroxylation is 1. The Hall–Kier alpha value is -6.59. The van der Waals surface area contributed by atoms with Crippen LogP contribution in [0.2, 0.25) is 0 Å². The van der Waals surface area contributed by atoms with Crippen molar-refractivity contribution in [1.82, 2.24) is 14.5 Å². The Morgan fingerprint density at radius 3 is 2.07 bits per heavy atom. The largest absolute Gasteiger partial charge is 0.500 e. The summed E-state index contributed by atoms with van der Waals surface area (Å²) >= 11 is 0. The molecular formula is C55H43IrN3O2-2. The fraction of sp³-hybridized carbons (Fsp3) is 0.127. The molecular weight excluding hydrogens is 927 g/mol. The second-order valence-electron chi connectivity index (χ2n) is 15.8. The van der Waals surface area contributed by atoms with E-state index in [0.29, 0.717) is 0 Å². The molecule has 1 radical (unpaired) electrons. The summed E-state index contributed by atoms with van der Waals surface area (Å²) in [6.45, 7) is 7.03. The van der Waals surface area contributed by atoms with Gasteiger partial charge in [-0.05, 0) is 88.6 Å². The Kier molecular flexibility index (Phi) is 9.79. The molecule has 0 N–H and O–H groups in total. The molecule has 0 unspecified atom stereocenters. The van der Waals surface area contributed by atoms with Crippen LogP contribution in [-0.2, 0) is 20.1 Å². The summed E-state index contributed by atoms with van der Waals surface area (Å²) in [7, 11) is 0. The zero-order valence-electron chi connectivity index (χ0n) is 37.2. The number of hydrogen-bond acceptors (Lipinski definition) is 4. The normalized spacial score (nSPS) is 12.5. The van der Waals surface area contributed by atoms with Gasteiger partial charge in [0.15, 0.2) is 0 Å². The van der Waals surface area contributed by atoms with Gasteiger partial charge in [-0.3, -0.25) is 4.98 Å². The molecule has 0 bridgehead atoms. The first-order valence-corrected chi connectivity index (χ1v) is 20.4. The van der Waals surface area contributed by atoms with E-state index in [0.717, 1.165) is 77.6 Å². The second kappa shape index (κ2) is 16.5. The molecule has 0 spiro atoms. The number of para-hydroxylation sites is 3. The third-order valence-corrected chi connectivity index (χ3v) is 11.2. The van der Waals surface area contributed by atoms with Gasteiger partial charge in [-0.15, -0.1) is 54.1 Å². The summed E-state index contributed by atoms with van der Waals surface area (Å²) in [5.74, 6) is 1.37. The average molecular weight is 973 g/mol. The maximum absolute atomic E-state index is 7.23. The van der Waals surface area contributed by atoms with Crippen LogP contribution in [0.3, 0.4) is 0 Å². The molecule has 4 aromatic heterocycles. The van der Waals surface area contributed by atoms with Gasteiger partial charge in [-0.2, -0.15) is 0 Å². The first kappa shape index (κ1) is 36.3. The molecule has 0 aliphatic heterocycles. The number of rotatable bonds is 6.